The van der Waals surface area contributed by atoms with Crippen molar-refractivity contribution in [3.8, 4) is 5.75 Å². The Kier molecular flexibility index (Phi) is 3.88. The molecule has 1 aliphatic carbocycles. The molecule has 0 amide bonds. The van der Waals surface area contributed by atoms with Gasteiger partial charge >= 0.3 is 5.97 Å². The molecule has 0 atom stereocenters. The minimum Gasteiger partial charge on any atom is -0.490 e. The maximum Gasteiger partial charge on any atom is 0.320 e. The van der Waals surface area contributed by atoms with Crippen molar-refractivity contribution in [2.75, 3.05) is 18.1 Å². The number of carbonyl (C=O) groups is 1. The lowest BCUT2D eigenvalue weighted by molar-refractivity contribution is -0.142. The van der Waals surface area contributed by atoms with E-state index in [9.17, 15) is 9.90 Å². The third-order valence-electron chi connectivity index (χ3n) is 4.74. The molecule has 5 heteroatoms. The first-order valence-electron chi connectivity index (χ1n) is 8.20. The van der Waals surface area contributed by atoms with E-state index < -0.39 is 10.7 Å². The quantitative estimate of drug-likeness (QED) is 0.898. The molecule has 2 aromatic rings. The molecular formula is C19H19NO3S. The Bertz CT molecular complexity index is 773. The number of benzene rings is 2. The summed E-state index contributed by atoms with van der Waals surface area (Å²) in [6.45, 7) is 1.38. The molecule has 1 aliphatic heterocycles. The highest BCUT2D eigenvalue weighted by atomic mass is 32.2. The van der Waals surface area contributed by atoms with E-state index in [4.69, 9.17) is 4.74 Å². The summed E-state index contributed by atoms with van der Waals surface area (Å²) in [5.41, 5.74) is 2.10. The number of hydrogen-bond acceptors (Lipinski definition) is 4. The van der Waals surface area contributed by atoms with E-state index in [-0.39, 0.29) is 0 Å². The number of nitrogens with zero attached hydrogens (tertiary/aromatic N) is 1. The zero-order chi connectivity index (χ0) is 16.6. The van der Waals surface area contributed by atoms with Gasteiger partial charge in [-0.15, -0.1) is 11.8 Å². The molecule has 0 bridgehead atoms. The monoisotopic (exact) mass is 341 g/mol. The number of rotatable bonds is 4. The van der Waals surface area contributed by atoms with E-state index >= 15 is 0 Å². The highest BCUT2D eigenvalue weighted by Gasteiger charge is 2.46. The Morgan fingerprint density at radius 2 is 1.79 bits per heavy atom. The zero-order valence-electron chi connectivity index (χ0n) is 13.3. The van der Waals surface area contributed by atoms with Gasteiger partial charge in [-0.2, -0.15) is 0 Å². The topological polar surface area (TPSA) is 49.8 Å². The average Bonchev–Trinajstić information content (AvgIpc) is 2.58. The van der Waals surface area contributed by atoms with Crippen LogP contribution in [0, 0.1) is 0 Å². The van der Waals surface area contributed by atoms with Crippen LogP contribution in [-0.4, -0.2) is 29.0 Å². The molecule has 0 aromatic heterocycles. The SMILES string of the molecule is O=C(O)C1(Sc2ccccc2N2CCOc3ccccc32)CCC1. The number of ether oxygens (including phenoxy) is 1. The molecule has 2 aromatic carbocycles. The van der Waals surface area contributed by atoms with Crippen molar-refractivity contribution >= 4 is 29.1 Å². The summed E-state index contributed by atoms with van der Waals surface area (Å²) in [4.78, 5) is 15.0. The third-order valence-corrected chi connectivity index (χ3v) is 6.28. The van der Waals surface area contributed by atoms with Crippen LogP contribution >= 0.6 is 11.8 Å². The molecule has 1 N–H and O–H groups in total. The van der Waals surface area contributed by atoms with Gasteiger partial charge in [-0.05, 0) is 43.5 Å². The van der Waals surface area contributed by atoms with Crippen LogP contribution in [0.4, 0.5) is 11.4 Å². The van der Waals surface area contributed by atoms with Crippen LogP contribution in [0.15, 0.2) is 53.4 Å². The lowest BCUT2D eigenvalue weighted by Gasteiger charge is -2.38. The number of thioether (sulfide) groups is 1. The van der Waals surface area contributed by atoms with E-state index in [2.05, 4.69) is 11.0 Å². The number of carboxylic acid groups (broad SMARTS) is 1. The third kappa shape index (κ3) is 2.53. The number of fused-ring (bicyclic) bond motifs is 1. The lowest BCUT2D eigenvalue weighted by atomic mass is 9.84. The van der Waals surface area contributed by atoms with Gasteiger partial charge in [0, 0.05) is 4.90 Å². The summed E-state index contributed by atoms with van der Waals surface area (Å²) in [6.07, 6.45) is 2.46. The number of hydrogen-bond donors (Lipinski definition) is 1. The van der Waals surface area contributed by atoms with Crippen LogP contribution in [0.1, 0.15) is 19.3 Å². The summed E-state index contributed by atoms with van der Waals surface area (Å²) in [5.74, 6) is 0.177. The molecule has 2 aliphatic rings. The molecule has 0 radical (unpaired) electrons. The van der Waals surface area contributed by atoms with Crippen molar-refractivity contribution in [2.24, 2.45) is 0 Å². The van der Waals surface area contributed by atoms with Gasteiger partial charge in [-0.25, -0.2) is 0 Å². The molecule has 0 spiro atoms. The fourth-order valence-corrected chi connectivity index (χ4v) is 4.68. The van der Waals surface area contributed by atoms with E-state index in [1.807, 2.05) is 42.5 Å². The fraction of sp³-hybridized carbons (Fsp3) is 0.316. The predicted octanol–water partition coefficient (Wildman–Crippen LogP) is 4.32. The molecule has 0 saturated heterocycles. The van der Waals surface area contributed by atoms with Crippen LogP contribution in [0.3, 0.4) is 0 Å². The summed E-state index contributed by atoms with van der Waals surface area (Å²) in [5, 5.41) is 9.65. The van der Waals surface area contributed by atoms with Gasteiger partial charge < -0.3 is 14.7 Å². The number of anilines is 2. The van der Waals surface area contributed by atoms with E-state index in [1.165, 1.54) is 11.8 Å². The molecule has 0 unspecified atom stereocenters. The zero-order valence-corrected chi connectivity index (χ0v) is 14.1. The summed E-state index contributed by atoms with van der Waals surface area (Å²) in [6, 6.07) is 16.1. The number of aliphatic carboxylic acids is 1. The van der Waals surface area contributed by atoms with Gasteiger partial charge in [0.25, 0.3) is 0 Å². The van der Waals surface area contributed by atoms with Crippen molar-refractivity contribution in [1.29, 1.82) is 0 Å². The first-order valence-corrected chi connectivity index (χ1v) is 9.02. The van der Waals surface area contributed by atoms with Gasteiger partial charge in [-0.1, -0.05) is 24.3 Å². The minimum absolute atomic E-state index is 0.625. The molecule has 24 heavy (non-hydrogen) atoms. The average molecular weight is 341 g/mol. The maximum absolute atomic E-state index is 11.7. The van der Waals surface area contributed by atoms with E-state index in [0.717, 1.165) is 47.8 Å². The predicted molar refractivity (Wildman–Crippen MR) is 95.5 cm³/mol. The van der Waals surface area contributed by atoms with Gasteiger partial charge in [0.2, 0.25) is 0 Å². The van der Waals surface area contributed by atoms with Crippen LogP contribution < -0.4 is 9.64 Å². The Hall–Kier alpha value is -2.14. The van der Waals surface area contributed by atoms with Crippen molar-refractivity contribution in [2.45, 2.75) is 28.9 Å². The van der Waals surface area contributed by atoms with E-state index in [0.29, 0.717) is 6.61 Å². The highest BCUT2D eigenvalue weighted by Crippen LogP contribution is 2.51. The first-order chi connectivity index (χ1) is 11.7. The Morgan fingerprint density at radius 1 is 1.08 bits per heavy atom. The second kappa shape index (κ2) is 6.06. The lowest BCUT2D eigenvalue weighted by Crippen LogP contribution is -2.42. The molecular weight excluding hydrogens is 322 g/mol. The van der Waals surface area contributed by atoms with Crippen molar-refractivity contribution in [3.05, 3.63) is 48.5 Å². The highest BCUT2D eigenvalue weighted by molar-refractivity contribution is 8.01. The van der Waals surface area contributed by atoms with Gasteiger partial charge in [0.05, 0.1) is 17.9 Å². The van der Waals surface area contributed by atoms with Gasteiger partial charge in [0.1, 0.15) is 17.1 Å². The second-order valence-electron chi connectivity index (χ2n) is 6.19. The van der Waals surface area contributed by atoms with Crippen molar-refractivity contribution < 1.29 is 14.6 Å². The minimum atomic E-state index is -0.698. The van der Waals surface area contributed by atoms with Gasteiger partial charge in [-0.3, -0.25) is 4.79 Å². The van der Waals surface area contributed by atoms with Crippen LogP contribution in [0.5, 0.6) is 5.75 Å². The molecule has 1 heterocycles. The molecule has 124 valence electrons. The molecule has 1 saturated carbocycles. The summed E-state index contributed by atoms with van der Waals surface area (Å²) in [7, 11) is 0. The Balaban J connectivity index is 1.72. The summed E-state index contributed by atoms with van der Waals surface area (Å²) < 4.78 is 5.08. The molecule has 1 fully saturated rings. The van der Waals surface area contributed by atoms with E-state index in [1.54, 1.807) is 0 Å². The number of carboxylic acids is 1. The van der Waals surface area contributed by atoms with Crippen molar-refractivity contribution in [1.82, 2.24) is 0 Å². The van der Waals surface area contributed by atoms with Crippen LogP contribution in [0.25, 0.3) is 0 Å². The van der Waals surface area contributed by atoms with Crippen LogP contribution in [0.2, 0.25) is 0 Å². The number of para-hydroxylation sites is 3. The van der Waals surface area contributed by atoms with Crippen LogP contribution in [-0.2, 0) is 4.79 Å². The molecule has 4 nitrogen and oxygen atoms in total. The van der Waals surface area contributed by atoms with Gasteiger partial charge in [0.15, 0.2) is 0 Å². The Morgan fingerprint density at radius 3 is 2.50 bits per heavy atom. The summed E-state index contributed by atoms with van der Waals surface area (Å²) >= 11 is 1.50. The Labute approximate surface area is 145 Å². The van der Waals surface area contributed by atoms with Crippen molar-refractivity contribution in [3.63, 3.8) is 0 Å². The largest absolute Gasteiger partial charge is 0.490 e. The second-order valence-corrected chi connectivity index (χ2v) is 7.62. The standard InChI is InChI=1S/C19H19NO3S/c21-18(22)19(10-5-11-19)24-17-9-4-2-7-15(17)20-12-13-23-16-8-3-1-6-14(16)20/h1-4,6-9H,5,10-13H2,(H,21,22). The maximum atomic E-state index is 11.7. The first kappa shape index (κ1) is 15.4. The smallest absolute Gasteiger partial charge is 0.320 e. The molecule has 4 rings (SSSR count). The fourth-order valence-electron chi connectivity index (χ4n) is 3.25. The normalized spacial score (nSPS) is 18.2.